The minimum absolute atomic E-state index is 0.158. The first-order valence-electron chi connectivity index (χ1n) is 6.10. The maximum absolute atomic E-state index is 12.3. The first-order valence-corrected chi connectivity index (χ1v) is 7.71. The van der Waals surface area contributed by atoms with E-state index in [0.29, 0.717) is 5.56 Å². The van der Waals surface area contributed by atoms with Crippen molar-refractivity contribution in [1.29, 1.82) is 0 Å². The molecule has 1 heterocycles. The summed E-state index contributed by atoms with van der Waals surface area (Å²) in [6.45, 7) is 0. The molecule has 21 heavy (non-hydrogen) atoms. The Labute approximate surface area is 122 Å². The Hall–Kier alpha value is -2.41. The zero-order valence-corrected chi connectivity index (χ0v) is 12.1. The number of anilines is 1. The van der Waals surface area contributed by atoms with Gasteiger partial charge in [-0.15, -0.1) is 0 Å². The van der Waals surface area contributed by atoms with E-state index in [1.165, 1.54) is 25.4 Å². The lowest BCUT2D eigenvalue weighted by atomic mass is 10.2. The van der Waals surface area contributed by atoms with Crippen LogP contribution >= 0.6 is 0 Å². The lowest BCUT2D eigenvalue weighted by Gasteiger charge is -2.19. The van der Waals surface area contributed by atoms with Crippen molar-refractivity contribution in [2.24, 2.45) is 0 Å². The van der Waals surface area contributed by atoms with Gasteiger partial charge in [-0.3, -0.25) is 4.31 Å². The zero-order valence-electron chi connectivity index (χ0n) is 11.3. The Morgan fingerprint density at radius 3 is 2.52 bits per heavy atom. The summed E-state index contributed by atoms with van der Waals surface area (Å²) < 4.78 is 25.7. The standard InChI is InChI=1S/C14H14N2O4S/c1-16(12-7-8-15-13(9-12)14(17)18)21(19,20)10-11-5-3-2-4-6-11/h2-9H,10H2,1H3,(H,17,18). The van der Waals surface area contributed by atoms with E-state index >= 15 is 0 Å². The number of hydrogen-bond donors (Lipinski definition) is 1. The van der Waals surface area contributed by atoms with Gasteiger partial charge >= 0.3 is 5.97 Å². The average molecular weight is 306 g/mol. The normalized spacial score (nSPS) is 11.1. The predicted octanol–water partition coefficient (Wildman–Crippen LogP) is 1.75. The molecule has 0 bridgehead atoms. The predicted molar refractivity (Wildman–Crippen MR) is 78.7 cm³/mol. The van der Waals surface area contributed by atoms with Crippen LogP contribution in [0.25, 0.3) is 0 Å². The fraction of sp³-hybridized carbons (Fsp3) is 0.143. The third-order valence-corrected chi connectivity index (χ3v) is 4.68. The van der Waals surface area contributed by atoms with Crippen molar-refractivity contribution in [3.8, 4) is 0 Å². The molecule has 2 rings (SSSR count). The fourth-order valence-corrected chi connectivity index (χ4v) is 3.02. The number of carboxylic acid groups (broad SMARTS) is 1. The third kappa shape index (κ3) is 3.57. The van der Waals surface area contributed by atoms with E-state index < -0.39 is 16.0 Å². The second kappa shape index (κ2) is 5.92. The number of pyridine rings is 1. The quantitative estimate of drug-likeness (QED) is 0.909. The van der Waals surface area contributed by atoms with E-state index in [0.717, 1.165) is 4.31 Å². The minimum atomic E-state index is -3.60. The Bertz CT molecular complexity index is 745. The number of carbonyl (C=O) groups is 1. The van der Waals surface area contributed by atoms with Gasteiger partial charge in [-0.1, -0.05) is 30.3 Å². The Balaban J connectivity index is 2.28. The molecular formula is C14H14N2O4S. The largest absolute Gasteiger partial charge is 0.477 e. The molecule has 1 aromatic heterocycles. The molecule has 110 valence electrons. The van der Waals surface area contributed by atoms with E-state index in [1.807, 2.05) is 6.07 Å². The van der Waals surface area contributed by atoms with E-state index in [1.54, 1.807) is 24.3 Å². The fourth-order valence-electron chi connectivity index (χ4n) is 1.77. The molecule has 0 saturated carbocycles. The van der Waals surface area contributed by atoms with Crippen molar-refractivity contribution in [2.45, 2.75) is 5.75 Å². The van der Waals surface area contributed by atoms with Crippen molar-refractivity contribution in [3.05, 3.63) is 59.9 Å². The first kappa shape index (κ1) is 15.0. The summed E-state index contributed by atoms with van der Waals surface area (Å²) in [4.78, 5) is 14.6. The molecule has 2 aromatic rings. The van der Waals surface area contributed by atoms with E-state index in [4.69, 9.17) is 5.11 Å². The SMILES string of the molecule is CN(c1ccnc(C(=O)O)c1)S(=O)(=O)Cc1ccccc1. The molecule has 0 amide bonds. The van der Waals surface area contributed by atoms with Crippen molar-refractivity contribution >= 4 is 21.7 Å². The molecule has 0 spiro atoms. The van der Waals surface area contributed by atoms with Crippen LogP contribution in [-0.4, -0.2) is 31.5 Å². The number of carboxylic acids is 1. The molecule has 7 heteroatoms. The number of hydrogen-bond acceptors (Lipinski definition) is 4. The number of nitrogens with zero attached hydrogens (tertiary/aromatic N) is 2. The molecule has 0 unspecified atom stereocenters. The summed E-state index contributed by atoms with van der Waals surface area (Å²) in [6, 6.07) is 11.5. The third-order valence-electron chi connectivity index (χ3n) is 2.94. The Morgan fingerprint density at radius 1 is 1.24 bits per heavy atom. The molecule has 0 radical (unpaired) electrons. The van der Waals surface area contributed by atoms with Gasteiger partial charge in [0.25, 0.3) is 0 Å². The molecule has 0 fully saturated rings. The summed E-state index contributed by atoms with van der Waals surface area (Å²) in [5, 5.41) is 8.90. The Kier molecular flexibility index (Phi) is 4.23. The zero-order chi connectivity index (χ0) is 15.5. The number of aromatic nitrogens is 1. The highest BCUT2D eigenvalue weighted by Crippen LogP contribution is 2.19. The number of aromatic carboxylic acids is 1. The number of sulfonamides is 1. The number of benzene rings is 1. The van der Waals surface area contributed by atoms with Crippen LogP contribution in [0.5, 0.6) is 0 Å². The van der Waals surface area contributed by atoms with Crippen molar-refractivity contribution in [2.75, 3.05) is 11.4 Å². The van der Waals surface area contributed by atoms with Gasteiger partial charge in [-0.2, -0.15) is 0 Å². The maximum atomic E-state index is 12.3. The molecule has 0 aliphatic rings. The second-order valence-corrected chi connectivity index (χ2v) is 6.41. The van der Waals surface area contributed by atoms with E-state index in [-0.39, 0.29) is 17.1 Å². The highest BCUT2D eigenvalue weighted by molar-refractivity contribution is 7.92. The van der Waals surface area contributed by atoms with Crippen LogP contribution in [0.2, 0.25) is 0 Å². The van der Waals surface area contributed by atoms with Crippen LogP contribution in [0.4, 0.5) is 5.69 Å². The average Bonchev–Trinajstić information content (AvgIpc) is 2.47. The van der Waals surface area contributed by atoms with Crippen LogP contribution in [0.15, 0.2) is 48.7 Å². The molecule has 0 saturated heterocycles. The molecule has 6 nitrogen and oxygen atoms in total. The minimum Gasteiger partial charge on any atom is -0.477 e. The first-order chi connectivity index (χ1) is 9.90. The highest BCUT2D eigenvalue weighted by atomic mass is 32.2. The van der Waals surface area contributed by atoms with E-state index in [9.17, 15) is 13.2 Å². The van der Waals surface area contributed by atoms with Crippen LogP contribution < -0.4 is 4.31 Å². The van der Waals surface area contributed by atoms with Gasteiger partial charge in [0.2, 0.25) is 10.0 Å². The van der Waals surface area contributed by atoms with Crippen LogP contribution in [0.3, 0.4) is 0 Å². The van der Waals surface area contributed by atoms with Crippen molar-refractivity contribution < 1.29 is 18.3 Å². The van der Waals surface area contributed by atoms with Crippen LogP contribution in [-0.2, 0) is 15.8 Å². The summed E-state index contributed by atoms with van der Waals surface area (Å²) >= 11 is 0. The molecular weight excluding hydrogens is 292 g/mol. The molecule has 1 N–H and O–H groups in total. The van der Waals surface area contributed by atoms with Crippen molar-refractivity contribution in [1.82, 2.24) is 4.98 Å². The summed E-state index contributed by atoms with van der Waals surface area (Å²) in [5.41, 5.74) is 0.726. The van der Waals surface area contributed by atoms with E-state index in [2.05, 4.69) is 4.98 Å². The summed E-state index contributed by atoms with van der Waals surface area (Å²) in [5.74, 6) is -1.36. The maximum Gasteiger partial charge on any atom is 0.354 e. The lowest BCUT2D eigenvalue weighted by Crippen LogP contribution is -2.28. The molecule has 0 atom stereocenters. The second-order valence-electron chi connectivity index (χ2n) is 4.41. The van der Waals surface area contributed by atoms with Crippen LogP contribution in [0.1, 0.15) is 16.1 Å². The number of rotatable bonds is 5. The lowest BCUT2D eigenvalue weighted by molar-refractivity contribution is 0.0690. The van der Waals surface area contributed by atoms with Crippen molar-refractivity contribution in [3.63, 3.8) is 0 Å². The monoisotopic (exact) mass is 306 g/mol. The van der Waals surface area contributed by atoms with Gasteiger partial charge in [0.15, 0.2) is 0 Å². The summed E-state index contributed by atoms with van der Waals surface area (Å²) in [7, 11) is -2.21. The smallest absolute Gasteiger partial charge is 0.354 e. The molecule has 0 aliphatic heterocycles. The van der Waals surface area contributed by atoms with Crippen LogP contribution in [0, 0.1) is 0 Å². The highest BCUT2D eigenvalue weighted by Gasteiger charge is 2.20. The Morgan fingerprint density at radius 2 is 1.90 bits per heavy atom. The van der Waals surface area contributed by atoms with Gasteiger partial charge in [0.05, 0.1) is 11.4 Å². The molecule has 0 aliphatic carbocycles. The van der Waals surface area contributed by atoms with Gasteiger partial charge in [0.1, 0.15) is 5.69 Å². The molecule has 1 aromatic carbocycles. The van der Waals surface area contributed by atoms with Gasteiger partial charge in [-0.05, 0) is 17.7 Å². The van der Waals surface area contributed by atoms with Gasteiger partial charge in [0, 0.05) is 13.2 Å². The summed E-state index contributed by atoms with van der Waals surface area (Å²) in [6.07, 6.45) is 1.27. The van der Waals surface area contributed by atoms with Gasteiger partial charge < -0.3 is 5.11 Å². The topological polar surface area (TPSA) is 87.6 Å². The van der Waals surface area contributed by atoms with Gasteiger partial charge in [-0.25, -0.2) is 18.2 Å².